The Balaban J connectivity index is 1.62. The van der Waals surface area contributed by atoms with Gasteiger partial charge in [0.25, 0.3) is 0 Å². The summed E-state index contributed by atoms with van der Waals surface area (Å²) in [6.45, 7) is 2.88. The summed E-state index contributed by atoms with van der Waals surface area (Å²) in [5, 5.41) is 6.40. The molecule has 4 nitrogen and oxygen atoms in total. The number of methoxy groups -OCH3 is 1. The van der Waals surface area contributed by atoms with Gasteiger partial charge in [-0.3, -0.25) is 4.79 Å². The molecule has 0 bridgehead atoms. The summed E-state index contributed by atoms with van der Waals surface area (Å²) in [5.41, 5.74) is 1.19. The van der Waals surface area contributed by atoms with Crippen LogP contribution in [-0.4, -0.2) is 32.7 Å². The maximum Gasteiger partial charge on any atom is 0.220 e. The zero-order valence-corrected chi connectivity index (χ0v) is 12.9. The fourth-order valence-corrected chi connectivity index (χ4v) is 2.77. The number of piperidine rings is 1. The van der Waals surface area contributed by atoms with Crippen LogP contribution in [0.2, 0.25) is 0 Å². The minimum Gasteiger partial charge on any atom is -0.497 e. The van der Waals surface area contributed by atoms with E-state index in [-0.39, 0.29) is 5.91 Å². The molecule has 2 N–H and O–H groups in total. The highest BCUT2D eigenvalue weighted by molar-refractivity contribution is 5.75. The molecule has 1 fully saturated rings. The molecule has 1 saturated heterocycles. The number of carbonyl (C=O) groups excluding carboxylic acids is 1. The third-order valence-corrected chi connectivity index (χ3v) is 4.05. The van der Waals surface area contributed by atoms with E-state index < -0.39 is 0 Å². The van der Waals surface area contributed by atoms with Crippen LogP contribution in [0.15, 0.2) is 24.3 Å². The number of ether oxygens (including phenoxy) is 1. The normalized spacial score (nSPS) is 18.2. The van der Waals surface area contributed by atoms with Crippen LogP contribution in [0.5, 0.6) is 5.75 Å². The van der Waals surface area contributed by atoms with Crippen LogP contribution in [-0.2, 0) is 11.2 Å². The first-order chi connectivity index (χ1) is 10.3. The number of nitrogens with one attached hydrogen (secondary N) is 2. The molecule has 1 atom stereocenters. The van der Waals surface area contributed by atoms with Gasteiger partial charge in [-0.2, -0.15) is 0 Å². The highest BCUT2D eigenvalue weighted by Gasteiger charge is 2.14. The number of rotatable bonds is 7. The van der Waals surface area contributed by atoms with Gasteiger partial charge in [0.1, 0.15) is 5.75 Å². The van der Waals surface area contributed by atoms with Crippen molar-refractivity contribution in [3.8, 4) is 5.75 Å². The van der Waals surface area contributed by atoms with Crippen LogP contribution in [0.1, 0.15) is 31.2 Å². The summed E-state index contributed by atoms with van der Waals surface area (Å²) < 4.78 is 5.19. The summed E-state index contributed by atoms with van der Waals surface area (Å²) in [5.74, 6) is 1.70. The first-order valence-corrected chi connectivity index (χ1v) is 7.88. The third-order valence-electron chi connectivity index (χ3n) is 4.05. The van der Waals surface area contributed by atoms with Gasteiger partial charge in [-0.1, -0.05) is 12.1 Å². The Labute approximate surface area is 127 Å². The first kappa shape index (κ1) is 15.8. The molecule has 1 amide bonds. The van der Waals surface area contributed by atoms with Crippen molar-refractivity contribution in [2.45, 2.75) is 32.1 Å². The van der Waals surface area contributed by atoms with Crippen molar-refractivity contribution in [3.63, 3.8) is 0 Å². The fraction of sp³-hybridized carbons (Fsp3) is 0.588. The quantitative estimate of drug-likeness (QED) is 0.809. The molecule has 1 aliphatic rings. The van der Waals surface area contributed by atoms with Crippen LogP contribution >= 0.6 is 0 Å². The van der Waals surface area contributed by atoms with Crippen molar-refractivity contribution < 1.29 is 9.53 Å². The van der Waals surface area contributed by atoms with E-state index in [9.17, 15) is 4.79 Å². The van der Waals surface area contributed by atoms with E-state index in [4.69, 9.17) is 4.74 Å². The van der Waals surface area contributed by atoms with Gasteiger partial charge in [0, 0.05) is 13.0 Å². The molecule has 1 aliphatic heterocycles. The van der Waals surface area contributed by atoms with Gasteiger partial charge in [0.05, 0.1) is 7.11 Å². The van der Waals surface area contributed by atoms with Crippen molar-refractivity contribution in [3.05, 3.63) is 29.8 Å². The summed E-state index contributed by atoms with van der Waals surface area (Å²) in [4.78, 5) is 11.8. The van der Waals surface area contributed by atoms with Gasteiger partial charge in [0.15, 0.2) is 0 Å². The number of benzene rings is 1. The van der Waals surface area contributed by atoms with Crippen molar-refractivity contribution >= 4 is 5.91 Å². The average Bonchev–Trinajstić information content (AvgIpc) is 2.54. The molecule has 0 aliphatic carbocycles. The molecule has 0 spiro atoms. The maximum absolute atomic E-state index is 11.8. The van der Waals surface area contributed by atoms with Gasteiger partial charge in [-0.25, -0.2) is 0 Å². The Hall–Kier alpha value is -1.55. The van der Waals surface area contributed by atoms with Crippen molar-refractivity contribution in [2.24, 2.45) is 5.92 Å². The second-order valence-electron chi connectivity index (χ2n) is 5.70. The number of hydrogen-bond acceptors (Lipinski definition) is 3. The lowest BCUT2D eigenvalue weighted by atomic mass is 9.94. The minimum absolute atomic E-state index is 0.170. The van der Waals surface area contributed by atoms with Crippen LogP contribution in [0.25, 0.3) is 0 Å². The van der Waals surface area contributed by atoms with Crippen LogP contribution in [0.3, 0.4) is 0 Å². The number of amides is 1. The highest BCUT2D eigenvalue weighted by Crippen LogP contribution is 2.15. The minimum atomic E-state index is 0.170. The predicted octanol–water partition coefficient (Wildman–Crippen LogP) is 2.13. The Kier molecular flexibility index (Phi) is 6.54. The van der Waals surface area contributed by atoms with Gasteiger partial charge >= 0.3 is 0 Å². The zero-order chi connectivity index (χ0) is 14.9. The lowest BCUT2D eigenvalue weighted by molar-refractivity contribution is -0.121. The smallest absolute Gasteiger partial charge is 0.220 e. The van der Waals surface area contributed by atoms with Gasteiger partial charge < -0.3 is 15.4 Å². The second kappa shape index (κ2) is 8.67. The van der Waals surface area contributed by atoms with Gasteiger partial charge in [-0.05, 0) is 62.4 Å². The monoisotopic (exact) mass is 290 g/mol. The van der Waals surface area contributed by atoms with Gasteiger partial charge in [-0.15, -0.1) is 0 Å². The molecule has 0 aromatic heterocycles. The summed E-state index contributed by atoms with van der Waals surface area (Å²) in [6, 6.07) is 7.98. The molecule has 116 valence electrons. The van der Waals surface area contributed by atoms with E-state index in [1.807, 2.05) is 18.2 Å². The second-order valence-corrected chi connectivity index (χ2v) is 5.70. The summed E-state index contributed by atoms with van der Waals surface area (Å²) >= 11 is 0. The van der Waals surface area contributed by atoms with E-state index >= 15 is 0 Å². The largest absolute Gasteiger partial charge is 0.497 e. The molecule has 0 saturated carbocycles. The lowest BCUT2D eigenvalue weighted by Crippen LogP contribution is -2.31. The average molecular weight is 290 g/mol. The van der Waals surface area contributed by atoms with Gasteiger partial charge in [0.2, 0.25) is 5.91 Å². The van der Waals surface area contributed by atoms with E-state index in [2.05, 4.69) is 16.7 Å². The number of hydrogen-bond donors (Lipinski definition) is 2. The molecule has 1 aromatic rings. The zero-order valence-electron chi connectivity index (χ0n) is 12.9. The van der Waals surface area contributed by atoms with E-state index in [1.165, 1.54) is 18.4 Å². The molecule has 1 heterocycles. The van der Waals surface area contributed by atoms with Crippen LogP contribution < -0.4 is 15.4 Å². The molecular formula is C17H26N2O2. The van der Waals surface area contributed by atoms with Crippen LogP contribution in [0.4, 0.5) is 0 Å². The van der Waals surface area contributed by atoms with Crippen LogP contribution in [0, 0.1) is 5.92 Å². The molecule has 0 radical (unpaired) electrons. The van der Waals surface area contributed by atoms with E-state index in [0.29, 0.717) is 18.9 Å². The Bertz CT molecular complexity index is 442. The lowest BCUT2D eigenvalue weighted by Gasteiger charge is -2.22. The predicted molar refractivity (Wildman–Crippen MR) is 84.5 cm³/mol. The molecule has 1 unspecified atom stereocenters. The highest BCUT2D eigenvalue weighted by atomic mass is 16.5. The Morgan fingerprint density at radius 1 is 1.48 bits per heavy atom. The Morgan fingerprint density at radius 2 is 2.38 bits per heavy atom. The van der Waals surface area contributed by atoms with Crippen molar-refractivity contribution in [1.82, 2.24) is 10.6 Å². The first-order valence-electron chi connectivity index (χ1n) is 7.88. The SMILES string of the molecule is COc1cccc(CCNC(=O)CCC2CCCNC2)c1. The maximum atomic E-state index is 11.8. The molecular weight excluding hydrogens is 264 g/mol. The fourth-order valence-electron chi connectivity index (χ4n) is 2.77. The summed E-state index contributed by atoms with van der Waals surface area (Å²) in [6.07, 6.45) is 4.97. The molecule has 1 aromatic carbocycles. The molecule has 21 heavy (non-hydrogen) atoms. The number of carbonyl (C=O) groups is 1. The molecule has 4 heteroatoms. The summed E-state index contributed by atoms with van der Waals surface area (Å²) in [7, 11) is 1.67. The van der Waals surface area contributed by atoms with E-state index in [0.717, 1.165) is 31.7 Å². The van der Waals surface area contributed by atoms with E-state index in [1.54, 1.807) is 7.11 Å². The van der Waals surface area contributed by atoms with Crippen molar-refractivity contribution in [1.29, 1.82) is 0 Å². The Morgan fingerprint density at radius 3 is 3.14 bits per heavy atom. The molecule has 2 rings (SSSR count). The van der Waals surface area contributed by atoms with Crippen molar-refractivity contribution in [2.75, 3.05) is 26.7 Å². The topological polar surface area (TPSA) is 50.4 Å². The standard InChI is InChI=1S/C17H26N2O2/c1-21-16-6-2-4-14(12-16)9-11-19-17(20)8-7-15-5-3-10-18-13-15/h2,4,6,12,15,18H,3,5,7-11,13H2,1H3,(H,19,20). The third kappa shape index (κ3) is 5.76.